The maximum absolute atomic E-state index is 11.4. The fourth-order valence-electron chi connectivity index (χ4n) is 1.42. The van der Waals surface area contributed by atoms with Gasteiger partial charge < -0.3 is 11.1 Å². The number of nitrogens with one attached hydrogen (secondary N) is 1. The van der Waals surface area contributed by atoms with Gasteiger partial charge >= 0.3 is 0 Å². The van der Waals surface area contributed by atoms with Gasteiger partial charge in [-0.15, -0.1) is 11.3 Å². The first-order valence-electron chi connectivity index (χ1n) is 5.65. The van der Waals surface area contributed by atoms with Crippen LogP contribution in [0.15, 0.2) is 11.4 Å². The molecule has 1 unspecified atom stereocenters. The van der Waals surface area contributed by atoms with Crippen LogP contribution in [0.5, 0.6) is 0 Å². The summed E-state index contributed by atoms with van der Waals surface area (Å²) in [6.07, 6.45) is 2.21. The lowest BCUT2D eigenvalue weighted by Gasteiger charge is -2.06. The van der Waals surface area contributed by atoms with E-state index in [1.54, 1.807) is 11.3 Å². The highest BCUT2D eigenvalue weighted by Gasteiger charge is 2.04. The third-order valence-electron chi connectivity index (χ3n) is 2.47. The zero-order chi connectivity index (χ0) is 12.0. The van der Waals surface area contributed by atoms with Gasteiger partial charge in [-0.2, -0.15) is 0 Å². The van der Waals surface area contributed by atoms with Crippen LogP contribution in [0.4, 0.5) is 0 Å². The van der Waals surface area contributed by atoms with E-state index in [2.05, 4.69) is 23.7 Å². The second-order valence-corrected chi connectivity index (χ2v) is 5.14. The molecule has 1 rings (SSSR count). The molecule has 4 heteroatoms. The molecular formula is C12H20N2OS. The molecule has 1 amide bonds. The van der Waals surface area contributed by atoms with E-state index in [1.807, 2.05) is 6.92 Å². The number of rotatable bonds is 6. The predicted molar refractivity (Wildman–Crippen MR) is 68.7 cm³/mol. The van der Waals surface area contributed by atoms with Crippen LogP contribution in [0.3, 0.4) is 0 Å². The van der Waals surface area contributed by atoms with Crippen molar-refractivity contribution in [2.45, 2.75) is 39.2 Å². The Kier molecular flexibility index (Phi) is 5.49. The summed E-state index contributed by atoms with van der Waals surface area (Å²) < 4.78 is 0. The van der Waals surface area contributed by atoms with Crippen molar-refractivity contribution < 1.29 is 4.79 Å². The normalized spacial score (nSPS) is 12.4. The van der Waals surface area contributed by atoms with Gasteiger partial charge in [0.2, 0.25) is 5.91 Å². The molecule has 1 aromatic rings. The predicted octanol–water partition coefficient (Wildman–Crippen LogP) is 1.84. The third-order valence-corrected chi connectivity index (χ3v) is 3.55. The second kappa shape index (κ2) is 6.66. The van der Waals surface area contributed by atoms with Gasteiger partial charge in [-0.3, -0.25) is 4.79 Å². The molecule has 0 aromatic carbocycles. The number of amides is 1. The summed E-state index contributed by atoms with van der Waals surface area (Å²) in [6.45, 7) is 4.74. The molecular weight excluding hydrogens is 220 g/mol. The van der Waals surface area contributed by atoms with Gasteiger partial charge in [0.15, 0.2) is 0 Å². The van der Waals surface area contributed by atoms with Crippen molar-refractivity contribution in [3.63, 3.8) is 0 Å². The Morgan fingerprint density at radius 3 is 2.94 bits per heavy atom. The van der Waals surface area contributed by atoms with Gasteiger partial charge in [0.1, 0.15) is 0 Å². The molecule has 1 atom stereocenters. The Bertz CT molecular complexity index is 334. The van der Waals surface area contributed by atoms with Gasteiger partial charge in [0, 0.05) is 23.9 Å². The maximum atomic E-state index is 11.4. The summed E-state index contributed by atoms with van der Waals surface area (Å²) >= 11 is 1.75. The summed E-state index contributed by atoms with van der Waals surface area (Å²) in [5.74, 6) is 0.103. The number of carbonyl (C=O) groups is 1. The van der Waals surface area contributed by atoms with E-state index in [0.29, 0.717) is 6.42 Å². The third kappa shape index (κ3) is 4.77. The molecule has 1 heterocycles. The molecule has 0 aliphatic carbocycles. The largest absolute Gasteiger partial charge is 0.356 e. The van der Waals surface area contributed by atoms with Crippen molar-refractivity contribution in [2.24, 2.45) is 5.73 Å². The molecule has 3 N–H and O–H groups in total. The number of thiophene rings is 1. The number of hydrogen-bond donors (Lipinski definition) is 2. The number of aryl methyl sites for hydroxylation is 1. The first kappa shape index (κ1) is 13.2. The van der Waals surface area contributed by atoms with Gasteiger partial charge in [-0.1, -0.05) is 0 Å². The fraction of sp³-hybridized carbons (Fsp3) is 0.583. The Hall–Kier alpha value is -0.870. The van der Waals surface area contributed by atoms with Crippen molar-refractivity contribution >= 4 is 17.2 Å². The first-order valence-corrected chi connectivity index (χ1v) is 6.53. The Morgan fingerprint density at radius 1 is 1.62 bits per heavy atom. The van der Waals surface area contributed by atoms with E-state index in [0.717, 1.165) is 19.4 Å². The van der Waals surface area contributed by atoms with E-state index in [9.17, 15) is 4.79 Å². The molecule has 0 radical (unpaired) electrons. The number of carbonyl (C=O) groups excluding carboxylic acids is 1. The van der Waals surface area contributed by atoms with Gasteiger partial charge in [0.05, 0.1) is 0 Å². The van der Waals surface area contributed by atoms with Crippen LogP contribution in [0.2, 0.25) is 0 Å². The van der Waals surface area contributed by atoms with E-state index < -0.39 is 0 Å². The lowest BCUT2D eigenvalue weighted by molar-refractivity contribution is -0.121. The molecule has 0 aliphatic heterocycles. The summed E-state index contributed by atoms with van der Waals surface area (Å²) in [5, 5.41) is 5.00. The van der Waals surface area contributed by atoms with Crippen LogP contribution >= 0.6 is 11.3 Å². The number of nitrogens with two attached hydrogens (primary N) is 1. The highest BCUT2D eigenvalue weighted by Crippen LogP contribution is 2.15. The maximum Gasteiger partial charge on any atom is 0.220 e. The van der Waals surface area contributed by atoms with Gasteiger partial charge in [-0.05, 0) is 43.7 Å². The van der Waals surface area contributed by atoms with Crippen molar-refractivity contribution in [2.75, 3.05) is 6.54 Å². The van der Waals surface area contributed by atoms with Crippen LogP contribution < -0.4 is 11.1 Å². The summed E-state index contributed by atoms with van der Waals surface area (Å²) in [4.78, 5) is 12.8. The highest BCUT2D eigenvalue weighted by molar-refractivity contribution is 7.10. The molecule has 0 saturated carbocycles. The molecule has 90 valence electrons. The lowest BCUT2D eigenvalue weighted by Crippen LogP contribution is -2.27. The van der Waals surface area contributed by atoms with E-state index in [4.69, 9.17) is 5.73 Å². The molecule has 3 nitrogen and oxygen atoms in total. The Labute approximate surface area is 101 Å². The first-order chi connectivity index (χ1) is 7.59. The molecule has 0 aliphatic rings. The smallest absolute Gasteiger partial charge is 0.220 e. The monoisotopic (exact) mass is 240 g/mol. The van der Waals surface area contributed by atoms with Crippen LogP contribution in [0.25, 0.3) is 0 Å². The van der Waals surface area contributed by atoms with Crippen LogP contribution in [-0.4, -0.2) is 18.5 Å². The molecule has 16 heavy (non-hydrogen) atoms. The van der Waals surface area contributed by atoms with E-state index in [1.165, 1.54) is 10.4 Å². The summed E-state index contributed by atoms with van der Waals surface area (Å²) in [6, 6.07) is 2.21. The van der Waals surface area contributed by atoms with Crippen molar-refractivity contribution in [3.8, 4) is 0 Å². The molecule has 0 fully saturated rings. The fourth-order valence-corrected chi connectivity index (χ4v) is 2.33. The molecule has 0 spiro atoms. The average Bonchev–Trinajstić information content (AvgIpc) is 2.61. The Morgan fingerprint density at radius 2 is 2.38 bits per heavy atom. The van der Waals surface area contributed by atoms with Crippen LogP contribution in [0.1, 0.15) is 30.2 Å². The minimum absolute atomic E-state index is 0.102. The van der Waals surface area contributed by atoms with Gasteiger partial charge in [0.25, 0.3) is 0 Å². The second-order valence-electron chi connectivity index (χ2n) is 4.14. The average molecular weight is 240 g/mol. The zero-order valence-electron chi connectivity index (χ0n) is 9.95. The molecule has 0 saturated heterocycles. The summed E-state index contributed by atoms with van der Waals surface area (Å²) in [7, 11) is 0. The minimum atomic E-state index is 0.102. The minimum Gasteiger partial charge on any atom is -0.356 e. The zero-order valence-corrected chi connectivity index (χ0v) is 10.8. The van der Waals surface area contributed by atoms with Crippen LogP contribution in [-0.2, 0) is 11.2 Å². The SMILES string of the molecule is Cc1ccsc1CCNC(=O)CCC(C)N. The number of hydrogen-bond acceptors (Lipinski definition) is 3. The standard InChI is InChI=1S/C12H20N2OS/c1-9-6-8-16-11(9)5-7-14-12(15)4-3-10(2)13/h6,8,10H,3-5,7,13H2,1-2H3,(H,14,15). The summed E-state index contributed by atoms with van der Waals surface area (Å²) in [5.41, 5.74) is 6.90. The highest BCUT2D eigenvalue weighted by atomic mass is 32.1. The van der Waals surface area contributed by atoms with Crippen molar-refractivity contribution in [1.29, 1.82) is 0 Å². The van der Waals surface area contributed by atoms with Crippen LogP contribution in [0, 0.1) is 6.92 Å². The van der Waals surface area contributed by atoms with Gasteiger partial charge in [-0.25, -0.2) is 0 Å². The topological polar surface area (TPSA) is 55.1 Å². The van der Waals surface area contributed by atoms with Crippen molar-refractivity contribution in [3.05, 3.63) is 21.9 Å². The van der Waals surface area contributed by atoms with E-state index >= 15 is 0 Å². The molecule has 1 aromatic heterocycles. The van der Waals surface area contributed by atoms with Crippen molar-refractivity contribution in [1.82, 2.24) is 5.32 Å². The van der Waals surface area contributed by atoms with E-state index in [-0.39, 0.29) is 11.9 Å². The quantitative estimate of drug-likeness (QED) is 0.797. The lowest BCUT2D eigenvalue weighted by atomic mass is 10.2. The Balaban J connectivity index is 2.16. The molecule has 0 bridgehead atoms.